The zero-order chi connectivity index (χ0) is 15.2. The van der Waals surface area contributed by atoms with Crippen LogP contribution in [0.2, 0.25) is 0 Å². The summed E-state index contributed by atoms with van der Waals surface area (Å²) in [4.78, 5) is 4.00. The van der Waals surface area contributed by atoms with Gasteiger partial charge in [0.1, 0.15) is 11.6 Å². The number of nitrogen functional groups attached to an aromatic ring is 1. The summed E-state index contributed by atoms with van der Waals surface area (Å²) in [6, 6.07) is 2.32. The molecule has 1 aromatic heterocycles. The summed E-state index contributed by atoms with van der Waals surface area (Å²) in [6.45, 7) is 2.53. The number of aromatic nitrogens is 2. The Kier molecular flexibility index (Phi) is 3.22. The summed E-state index contributed by atoms with van der Waals surface area (Å²) in [5.41, 5.74) is 6.05. The van der Waals surface area contributed by atoms with Crippen molar-refractivity contribution < 1.29 is 12.8 Å². The molecule has 0 aliphatic carbocycles. The van der Waals surface area contributed by atoms with E-state index >= 15 is 0 Å². The summed E-state index contributed by atoms with van der Waals surface area (Å²) in [5, 5.41) is 0. The van der Waals surface area contributed by atoms with E-state index in [4.69, 9.17) is 5.73 Å². The van der Waals surface area contributed by atoms with Crippen LogP contribution in [0.4, 0.5) is 10.1 Å². The number of nitrogens with zero attached hydrogens (tertiary/aromatic N) is 3. The first-order chi connectivity index (χ1) is 9.89. The summed E-state index contributed by atoms with van der Waals surface area (Å²) in [5.74, 6) is 0.0532. The maximum atomic E-state index is 13.7. The molecular formula is C13H15FN4O2S. The highest BCUT2D eigenvalue weighted by atomic mass is 32.2. The van der Waals surface area contributed by atoms with E-state index in [1.54, 1.807) is 6.20 Å². The van der Waals surface area contributed by atoms with Gasteiger partial charge >= 0.3 is 0 Å². The van der Waals surface area contributed by atoms with Gasteiger partial charge in [-0.2, -0.15) is 4.31 Å². The number of sulfonamides is 1. The van der Waals surface area contributed by atoms with Gasteiger partial charge in [-0.1, -0.05) is 0 Å². The zero-order valence-electron chi connectivity index (χ0n) is 11.5. The van der Waals surface area contributed by atoms with E-state index in [9.17, 15) is 12.8 Å². The van der Waals surface area contributed by atoms with Crippen LogP contribution in [-0.4, -0.2) is 28.8 Å². The fourth-order valence-electron chi connectivity index (χ4n) is 2.33. The predicted molar refractivity (Wildman–Crippen MR) is 75.4 cm³/mol. The number of benzene rings is 1. The van der Waals surface area contributed by atoms with Gasteiger partial charge in [0.15, 0.2) is 0 Å². The minimum Gasteiger partial charge on any atom is -0.398 e. The van der Waals surface area contributed by atoms with E-state index < -0.39 is 15.8 Å². The summed E-state index contributed by atoms with van der Waals surface area (Å²) in [7, 11) is -3.78. The van der Waals surface area contributed by atoms with Crippen LogP contribution in [0.3, 0.4) is 0 Å². The van der Waals surface area contributed by atoms with Gasteiger partial charge in [0.25, 0.3) is 0 Å². The number of rotatable bonds is 2. The lowest BCUT2D eigenvalue weighted by Crippen LogP contribution is -2.38. The van der Waals surface area contributed by atoms with Crippen LogP contribution < -0.4 is 5.73 Å². The van der Waals surface area contributed by atoms with Crippen molar-refractivity contribution in [1.29, 1.82) is 0 Å². The Morgan fingerprint density at radius 2 is 2.10 bits per heavy atom. The summed E-state index contributed by atoms with van der Waals surface area (Å²) >= 11 is 0. The van der Waals surface area contributed by atoms with Gasteiger partial charge in [0, 0.05) is 36.7 Å². The first kappa shape index (κ1) is 14.0. The van der Waals surface area contributed by atoms with Crippen molar-refractivity contribution in [2.75, 3.05) is 12.3 Å². The summed E-state index contributed by atoms with van der Waals surface area (Å²) < 4.78 is 42.1. The molecule has 21 heavy (non-hydrogen) atoms. The molecule has 6 nitrogen and oxygen atoms in total. The Morgan fingerprint density at radius 3 is 2.81 bits per heavy atom. The highest BCUT2D eigenvalue weighted by molar-refractivity contribution is 7.89. The lowest BCUT2D eigenvalue weighted by Gasteiger charge is -2.27. The number of imidazole rings is 1. The van der Waals surface area contributed by atoms with Crippen molar-refractivity contribution in [1.82, 2.24) is 13.9 Å². The molecule has 8 heteroatoms. The second kappa shape index (κ2) is 4.81. The van der Waals surface area contributed by atoms with Gasteiger partial charge in [-0.25, -0.2) is 17.8 Å². The van der Waals surface area contributed by atoms with Crippen LogP contribution in [0.15, 0.2) is 29.4 Å². The number of halogens is 1. The smallest absolute Gasteiger partial charge is 0.243 e. The molecule has 0 unspecified atom stereocenters. The standard InChI is InChI=1S/C13H15FN4O2S/c1-9-11(14)6-10(7-12(9)15)21(19,20)18-5-4-17-3-2-16-13(17)8-18/h2-3,6-7H,4-5,8,15H2,1H3. The van der Waals surface area contributed by atoms with Crippen molar-refractivity contribution in [2.45, 2.75) is 24.9 Å². The first-order valence-corrected chi connectivity index (χ1v) is 7.89. The van der Waals surface area contributed by atoms with Gasteiger partial charge in [0.05, 0.1) is 11.4 Å². The minimum atomic E-state index is -3.78. The number of hydrogen-bond acceptors (Lipinski definition) is 4. The minimum absolute atomic E-state index is 0.122. The molecule has 2 aromatic rings. The van der Waals surface area contributed by atoms with Crippen molar-refractivity contribution >= 4 is 15.7 Å². The normalized spacial score (nSPS) is 15.9. The second-order valence-electron chi connectivity index (χ2n) is 4.99. The highest BCUT2D eigenvalue weighted by Crippen LogP contribution is 2.25. The van der Waals surface area contributed by atoms with E-state index in [2.05, 4.69) is 4.98 Å². The Hall–Kier alpha value is -1.93. The molecule has 0 amide bonds. The van der Waals surface area contributed by atoms with E-state index in [0.717, 1.165) is 6.07 Å². The molecule has 0 fully saturated rings. The number of fused-ring (bicyclic) bond motifs is 1. The van der Waals surface area contributed by atoms with Gasteiger partial charge in [-0.05, 0) is 19.1 Å². The molecule has 1 aliphatic heterocycles. The number of nitrogens with two attached hydrogens (primary N) is 1. The van der Waals surface area contributed by atoms with E-state index in [1.165, 1.54) is 17.3 Å². The molecule has 0 spiro atoms. The molecule has 1 aromatic carbocycles. The van der Waals surface area contributed by atoms with Gasteiger partial charge in [0.2, 0.25) is 10.0 Å². The van der Waals surface area contributed by atoms with Gasteiger partial charge in [-0.15, -0.1) is 0 Å². The molecule has 0 saturated heterocycles. The molecule has 0 bridgehead atoms. The van der Waals surface area contributed by atoms with E-state index in [1.807, 2.05) is 10.8 Å². The molecule has 112 valence electrons. The van der Waals surface area contributed by atoms with Gasteiger partial charge < -0.3 is 10.3 Å². The van der Waals surface area contributed by atoms with E-state index in [0.29, 0.717) is 18.9 Å². The molecular weight excluding hydrogens is 295 g/mol. The number of anilines is 1. The molecule has 2 heterocycles. The van der Waals surface area contributed by atoms with Crippen LogP contribution in [0.25, 0.3) is 0 Å². The van der Waals surface area contributed by atoms with Crippen molar-refractivity contribution in [3.8, 4) is 0 Å². The second-order valence-corrected chi connectivity index (χ2v) is 6.93. The lowest BCUT2D eigenvalue weighted by atomic mass is 10.2. The lowest BCUT2D eigenvalue weighted by molar-refractivity contribution is 0.335. The van der Waals surface area contributed by atoms with Gasteiger partial charge in [-0.3, -0.25) is 0 Å². The fraction of sp³-hybridized carbons (Fsp3) is 0.308. The molecule has 2 N–H and O–H groups in total. The third-order valence-electron chi connectivity index (χ3n) is 3.71. The Morgan fingerprint density at radius 1 is 1.33 bits per heavy atom. The SMILES string of the molecule is Cc1c(N)cc(S(=O)(=O)N2CCn3ccnc3C2)cc1F. The first-order valence-electron chi connectivity index (χ1n) is 6.45. The van der Waals surface area contributed by atoms with Crippen LogP contribution in [-0.2, 0) is 23.1 Å². The van der Waals surface area contributed by atoms with Crippen LogP contribution in [0, 0.1) is 12.7 Å². The van der Waals surface area contributed by atoms with Crippen molar-refractivity contribution in [3.05, 3.63) is 41.7 Å². The molecule has 1 aliphatic rings. The fourth-order valence-corrected chi connectivity index (χ4v) is 3.76. The quantitative estimate of drug-likeness (QED) is 0.843. The average molecular weight is 310 g/mol. The molecule has 3 rings (SSSR count). The van der Waals surface area contributed by atoms with Crippen LogP contribution in [0.1, 0.15) is 11.4 Å². The monoisotopic (exact) mass is 310 g/mol. The highest BCUT2D eigenvalue weighted by Gasteiger charge is 2.29. The molecule has 0 saturated carbocycles. The number of hydrogen-bond donors (Lipinski definition) is 1. The Labute approximate surface area is 122 Å². The zero-order valence-corrected chi connectivity index (χ0v) is 12.3. The molecule has 0 radical (unpaired) electrons. The maximum absolute atomic E-state index is 13.7. The van der Waals surface area contributed by atoms with E-state index in [-0.39, 0.29) is 22.7 Å². The Balaban J connectivity index is 1.98. The maximum Gasteiger partial charge on any atom is 0.243 e. The average Bonchev–Trinajstić information content (AvgIpc) is 2.91. The predicted octanol–water partition coefficient (Wildman–Crippen LogP) is 1.12. The van der Waals surface area contributed by atoms with Crippen molar-refractivity contribution in [3.63, 3.8) is 0 Å². The largest absolute Gasteiger partial charge is 0.398 e. The van der Waals surface area contributed by atoms with Crippen LogP contribution in [0.5, 0.6) is 0 Å². The third-order valence-corrected chi connectivity index (χ3v) is 5.53. The Bertz CT molecular complexity index is 777. The van der Waals surface area contributed by atoms with Crippen LogP contribution >= 0.6 is 0 Å². The third kappa shape index (κ3) is 2.30. The van der Waals surface area contributed by atoms with Crippen molar-refractivity contribution in [2.24, 2.45) is 0 Å². The topological polar surface area (TPSA) is 81.2 Å². The molecule has 0 atom stereocenters. The summed E-state index contributed by atoms with van der Waals surface area (Å²) in [6.07, 6.45) is 3.44.